The minimum atomic E-state index is -3.79. The number of thioether (sulfide) groups is 1. The van der Waals surface area contributed by atoms with Crippen LogP contribution in [0.1, 0.15) is 6.92 Å². The summed E-state index contributed by atoms with van der Waals surface area (Å²) in [6.45, 7) is 1.71. The fourth-order valence-corrected chi connectivity index (χ4v) is 3.78. The van der Waals surface area contributed by atoms with E-state index in [1.54, 1.807) is 36.0 Å². The standard InChI is InChI=1S/C18H17FN4O3S2/c1-12(17(24)22-14-5-7-16(8-6-14)28(20,25)26)27-18-21-9-10-23(18)15-4-2-3-13(19)11-15/h2-12H,1H3,(H,22,24)(H2,20,25,26). The molecule has 0 bridgehead atoms. The molecule has 0 aliphatic rings. The van der Waals surface area contributed by atoms with Crippen molar-refractivity contribution >= 4 is 33.4 Å². The van der Waals surface area contributed by atoms with E-state index in [-0.39, 0.29) is 16.6 Å². The van der Waals surface area contributed by atoms with Gasteiger partial charge >= 0.3 is 0 Å². The average molecular weight is 420 g/mol. The molecule has 0 saturated carbocycles. The second-order valence-corrected chi connectivity index (χ2v) is 8.75. The monoisotopic (exact) mass is 420 g/mol. The first-order chi connectivity index (χ1) is 13.2. The van der Waals surface area contributed by atoms with Gasteiger partial charge in [0.2, 0.25) is 15.9 Å². The highest BCUT2D eigenvalue weighted by Gasteiger charge is 2.18. The van der Waals surface area contributed by atoms with Gasteiger partial charge in [-0.2, -0.15) is 0 Å². The van der Waals surface area contributed by atoms with Crippen molar-refractivity contribution in [3.05, 3.63) is 66.7 Å². The number of imidazole rings is 1. The third-order valence-corrected chi connectivity index (χ3v) is 5.80. The van der Waals surface area contributed by atoms with Crippen LogP contribution in [0.25, 0.3) is 5.69 Å². The van der Waals surface area contributed by atoms with Crippen LogP contribution < -0.4 is 10.5 Å². The van der Waals surface area contributed by atoms with E-state index in [0.717, 1.165) is 0 Å². The zero-order valence-corrected chi connectivity index (χ0v) is 16.4. The molecule has 2 aromatic carbocycles. The minimum Gasteiger partial charge on any atom is -0.325 e. The minimum absolute atomic E-state index is 0.0370. The summed E-state index contributed by atoms with van der Waals surface area (Å²) < 4.78 is 37.7. The van der Waals surface area contributed by atoms with E-state index in [0.29, 0.717) is 16.5 Å². The van der Waals surface area contributed by atoms with Crippen molar-refractivity contribution in [3.8, 4) is 5.69 Å². The number of hydrogen-bond acceptors (Lipinski definition) is 5. The van der Waals surface area contributed by atoms with E-state index in [2.05, 4.69) is 10.3 Å². The number of halogens is 1. The summed E-state index contributed by atoms with van der Waals surface area (Å²) in [6, 6.07) is 11.6. The van der Waals surface area contributed by atoms with Crippen molar-refractivity contribution in [3.63, 3.8) is 0 Å². The number of hydrogen-bond donors (Lipinski definition) is 2. The van der Waals surface area contributed by atoms with Crippen molar-refractivity contribution in [2.75, 3.05) is 5.32 Å². The number of rotatable bonds is 6. The molecule has 7 nitrogen and oxygen atoms in total. The number of anilines is 1. The normalized spacial score (nSPS) is 12.5. The first-order valence-electron chi connectivity index (χ1n) is 8.14. The second-order valence-electron chi connectivity index (χ2n) is 5.88. The van der Waals surface area contributed by atoms with Gasteiger partial charge in [-0.05, 0) is 49.4 Å². The van der Waals surface area contributed by atoms with E-state index in [1.165, 1.54) is 48.2 Å². The Morgan fingerprint density at radius 2 is 1.96 bits per heavy atom. The molecule has 146 valence electrons. The van der Waals surface area contributed by atoms with Crippen LogP contribution in [0.3, 0.4) is 0 Å². The van der Waals surface area contributed by atoms with Crippen LogP contribution in [0, 0.1) is 5.82 Å². The van der Waals surface area contributed by atoms with Gasteiger partial charge < -0.3 is 5.32 Å². The van der Waals surface area contributed by atoms with Crippen molar-refractivity contribution in [2.45, 2.75) is 22.2 Å². The van der Waals surface area contributed by atoms with Crippen LogP contribution in [0.5, 0.6) is 0 Å². The molecule has 0 fully saturated rings. The predicted octanol–water partition coefficient (Wildman–Crippen LogP) is 2.78. The lowest BCUT2D eigenvalue weighted by atomic mass is 10.3. The molecule has 1 unspecified atom stereocenters. The van der Waals surface area contributed by atoms with Crippen LogP contribution in [0.4, 0.5) is 10.1 Å². The van der Waals surface area contributed by atoms with Crippen LogP contribution in [-0.2, 0) is 14.8 Å². The Kier molecular flexibility index (Phi) is 5.82. The number of amides is 1. The van der Waals surface area contributed by atoms with Gasteiger partial charge in [0.05, 0.1) is 15.8 Å². The molecule has 1 heterocycles. The lowest BCUT2D eigenvalue weighted by Crippen LogP contribution is -2.23. The van der Waals surface area contributed by atoms with Crippen LogP contribution >= 0.6 is 11.8 Å². The number of nitrogens with zero attached hydrogens (tertiary/aromatic N) is 2. The molecule has 1 aromatic heterocycles. The van der Waals surface area contributed by atoms with Crippen LogP contribution in [-0.4, -0.2) is 29.1 Å². The van der Waals surface area contributed by atoms with E-state index < -0.39 is 15.3 Å². The largest absolute Gasteiger partial charge is 0.325 e. The Morgan fingerprint density at radius 1 is 1.25 bits per heavy atom. The molecule has 1 amide bonds. The van der Waals surface area contributed by atoms with Gasteiger partial charge in [-0.1, -0.05) is 17.8 Å². The molecule has 3 N–H and O–H groups in total. The molecule has 1 atom stereocenters. The quantitative estimate of drug-likeness (QED) is 0.597. The SMILES string of the molecule is CC(Sc1nccn1-c1cccc(F)c1)C(=O)Nc1ccc(S(N)(=O)=O)cc1. The first kappa shape index (κ1) is 20.1. The van der Waals surface area contributed by atoms with E-state index in [9.17, 15) is 17.6 Å². The number of aromatic nitrogens is 2. The molecule has 0 spiro atoms. The zero-order chi connectivity index (χ0) is 20.3. The Balaban J connectivity index is 1.69. The summed E-state index contributed by atoms with van der Waals surface area (Å²) in [5, 5.41) is 7.79. The van der Waals surface area contributed by atoms with E-state index in [1.807, 2.05) is 0 Å². The topological polar surface area (TPSA) is 107 Å². The molecule has 3 aromatic rings. The maximum absolute atomic E-state index is 13.5. The second kappa shape index (κ2) is 8.13. The summed E-state index contributed by atoms with van der Waals surface area (Å²) >= 11 is 1.21. The fourth-order valence-electron chi connectivity index (χ4n) is 2.38. The third kappa shape index (κ3) is 4.77. The smallest absolute Gasteiger partial charge is 0.238 e. The summed E-state index contributed by atoms with van der Waals surface area (Å²) in [5.41, 5.74) is 1.05. The summed E-state index contributed by atoms with van der Waals surface area (Å²) in [4.78, 5) is 16.6. The first-order valence-corrected chi connectivity index (χ1v) is 10.6. The summed E-state index contributed by atoms with van der Waals surface area (Å²) in [7, 11) is -3.79. The highest BCUT2D eigenvalue weighted by atomic mass is 32.2. The molecule has 0 saturated heterocycles. The zero-order valence-electron chi connectivity index (χ0n) is 14.7. The molecule has 0 aliphatic heterocycles. The lowest BCUT2D eigenvalue weighted by molar-refractivity contribution is -0.115. The Bertz CT molecular complexity index is 1100. The van der Waals surface area contributed by atoms with Crippen molar-refractivity contribution in [1.29, 1.82) is 0 Å². The number of carbonyl (C=O) groups excluding carboxylic acids is 1. The van der Waals surface area contributed by atoms with Gasteiger partial charge in [-0.25, -0.2) is 22.9 Å². The van der Waals surface area contributed by atoms with E-state index >= 15 is 0 Å². The fraction of sp³-hybridized carbons (Fsp3) is 0.111. The van der Waals surface area contributed by atoms with Crippen molar-refractivity contribution < 1.29 is 17.6 Å². The molecular formula is C18H17FN4O3S2. The summed E-state index contributed by atoms with van der Waals surface area (Å²) in [5.74, 6) is -0.655. The van der Waals surface area contributed by atoms with Crippen molar-refractivity contribution in [1.82, 2.24) is 9.55 Å². The molecule has 28 heavy (non-hydrogen) atoms. The number of benzene rings is 2. The highest BCUT2D eigenvalue weighted by Crippen LogP contribution is 2.26. The van der Waals surface area contributed by atoms with Gasteiger partial charge in [-0.15, -0.1) is 0 Å². The summed E-state index contributed by atoms with van der Waals surface area (Å²) in [6.07, 6.45) is 3.26. The van der Waals surface area contributed by atoms with Crippen molar-refractivity contribution in [2.24, 2.45) is 5.14 Å². The highest BCUT2D eigenvalue weighted by molar-refractivity contribution is 8.00. The maximum atomic E-state index is 13.5. The van der Waals surface area contributed by atoms with Crippen LogP contribution in [0.15, 0.2) is 71.0 Å². The number of nitrogens with one attached hydrogen (secondary N) is 1. The molecule has 0 radical (unpaired) electrons. The molecule has 0 aliphatic carbocycles. The van der Waals surface area contributed by atoms with Gasteiger partial charge in [0.1, 0.15) is 5.82 Å². The molecule has 10 heteroatoms. The molecule has 3 rings (SSSR count). The number of carbonyl (C=O) groups is 1. The van der Waals surface area contributed by atoms with Gasteiger partial charge in [0.15, 0.2) is 5.16 Å². The van der Waals surface area contributed by atoms with E-state index in [4.69, 9.17) is 5.14 Å². The predicted molar refractivity (Wildman–Crippen MR) is 105 cm³/mol. The molecular weight excluding hydrogens is 403 g/mol. The van der Waals surface area contributed by atoms with Gasteiger partial charge in [-0.3, -0.25) is 9.36 Å². The Morgan fingerprint density at radius 3 is 2.61 bits per heavy atom. The van der Waals surface area contributed by atoms with Crippen LogP contribution in [0.2, 0.25) is 0 Å². The Labute approximate surface area is 165 Å². The lowest BCUT2D eigenvalue weighted by Gasteiger charge is -2.13. The number of primary sulfonamides is 1. The number of nitrogens with two attached hydrogens (primary N) is 1. The Hall–Kier alpha value is -2.69. The van der Waals surface area contributed by atoms with Gasteiger partial charge in [0, 0.05) is 18.1 Å². The van der Waals surface area contributed by atoms with Gasteiger partial charge in [0.25, 0.3) is 0 Å². The average Bonchev–Trinajstić information content (AvgIpc) is 3.09. The number of sulfonamides is 1. The third-order valence-electron chi connectivity index (χ3n) is 3.79. The maximum Gasteiger partial charge on any atom is 0.238 e.